The number of hydrogen-bond donors (Lipinski definition) is 2. The number of phenolic OH excluding ortho intramolecular Hbond substituents is 1. The number of benzene rings is 2. The molecule has 4 nitrogen and oxygen atoms in total. The highest BCUT2D eigenvalue weighted by molar-refractivity contribution is 6.36. The van der Waals surface area contributed by atoms with Crippen molar-refractivity contribution in [1.29, 1.82) is 0 Å². The summed E-state index contributed by atoms with van der Waals surface area (Å²) in [7, 11) is 3.84. The SMILES string of the molecule is CN(C)c1ccc(C(=O)Nc2cc(Cl)cc(Cl)c2O)cc1. The first-order valence-corrected chi connectivity index (χ1v) is 6.91. The van der Waals surface area contributed by atoms with E-state index in [4.69, 9.17) is 23.2 Å². The van der Waals surface area contributed by atoms with E-state index in [0.29, 0.717) is 10.6 Å². The molecule has 0 fully saturated rings. The minimum absolute atomic E-state index is 0.0840. The van der Waals surface area contributed by atoms with Gasteiger partial charge in [0.2, 0.25) is 0 Å². The van der Waals surface area contributed by atoms with E-state index in [9.17, 15) is 9.90 Å². The minimum Gasteiger partial charge on any atom is -0.504 e. The second-order valence-electron chi connectivity index (χ2n) is 4.68. The first-order valence-electron chi connectivity index (χ1n) is 6.15. The van der Waals surface area contributed by atoms with Gasteiger partial charge in [0.15, 0.2) is 5.75 Å². The Morgan fingerprint density at radius 3 is 2.33 bits per heavy atom. The van der Waals surface area contributed by atoms with Crippen molar-refractivity contribution in [2.75, 3.05) is 24.3 Å². The molecule has 0 atom stereocenters. The Balaban J connectivity index is 2.22. The smallest absolute Gasteiger partial charge is 0.255 e. The molecule has 6 heteroatoms. The van der Waals surface area contributed by atoms with Crippen molar-refractivity contribution in [3.05, 3.63) is 52.0 Å². The number of phenols is 1. The van der Waals surface area contributed by atoms with Crippen LogP contribution < -0.4 is 10.2 Å². The highest BCUT2D eigenvalue weighted by Crippen LogP contribution is 2.35. The lowest BCUT2D eigenvalue weighted by Crippen LogP contribution is -2.13. The normalized spacial score (nSPS) is 10.3. The van der Waals surface area contributed by atoms with Gasteiger partial charge in [-0.1, -0.05) is 23.2 Å². The second kappa shape index (κ2) is 6.24. The van der Waals surface area contributed by atoms with Crippen LogP contribution >= 0.6 is 23.2 Å². The van der Waals surface area contributed by atoms with Crippen LogP contribution in [0.25, 0.3) is 0 Å². The number of hydrogen-bond acceptors (Lipinski definition) is 3. The molecule has 0 bridgehead atoms. The average molecular weight is 325 g/mol. The van der Waals surface area contributed by atoms with Crippen LogP contribution in [-0.2, 0) is 0 Å². The van der Waals surface area contributed by atoms with Crippen LogP contribution in [0.1, 0.15) is 10.4 Å². The molecule has 110 valence electrons. The molecule has 2 aromatic carbocycles. The van der Waals surface area contributed by atoms with Gasteiger partial charge in [-0.05, 0) is 36.4 Å². The Kier molecular flexibility index (Phi) is 4.60. The lowest BCUT2D eigenvalue weighted by molar-refractivity contribution is 0.102. The van der Waals surface area contributed by atoms with Crippen LogP contribution in [0.2, 0.25) is 10.0 Å². The van der Waals surface area contributed by atoms with Gasteiger partial charge in [0, 0.05) is 30.4 Å². The van der Waals surface area contributed by atoms with Crippen molar-refractivity contribution >= 4 is 40.5 Å². The third kappa shape index (κ3) is 3.60. The lowest BCUT2D eigenvalue weighted by atomic mass is 10.2. The van der Waals surface area contributed by atoms with E-state index in [0.717, 1.165) is 5.69 Å². The topological polar surface area (TPSA) is 52.6 Å². The molecular weight excluding hydrogens is 311 g/mol. The maximum Gasteiger partial charge on any atom is 0.255 e. The van der Waals surface area contributed by atoms with Gasteiger partial charge in [0.05, 0.1) is 10.7 Å². The van der Waals surface area contributed by atoms with Gasteiger partial charge in [0.1, 0.15) is 0 Å². The number of anilines is 2. The van der Waals surface area contributed by atoms with Crippen molar-refractivity contribution in [1.82, 2.24) is 0 Å². The van der Waals surface area contributed by atoms with Gasteiger partial charge in [-0.3, -0.25) is 4.79 Å². The number of amides is 1. The zero-order valence-corrected chi connectivity index (χ0v) is 13.0. The molecule has 0 radical (unpaired) electrons. The fraction of sp³-hybridized carbons (Fsp3) is 0.133. The molecule has 0 aliphatic carbocycles. The maximum absolute atomic E-state index is 12.1. The summed E-state index contributed by atoms with van der Waals surface area (Å²) in [4.78, 5) is 14.1. The summed E-state index contributed by atoms with van der Waals surface area (Å²) in [6, 6.07) is 9.91. The number of nitrogens with one attached hydrogen (secondary N) is 1. The fourth-order valence-corrected chi connectivity index (χ4v) is 2.26. The summed E-state index contributed by atoms with van der Waals surface area (Å²) in [6.07, 6.45) is 0. The third-order valence-electron chi connectivity index (χ3n) is 2.92. The maximum atomic E-state index is 12.1. The summed E-state index contributed by atoms with van der Waals surface area (Å²) in [5, 5.41) is 12.8. The standard InChI is InChI=1S/C15H14Cl2N2O2/c1-19(2)11-5-3-9(4-6-11)15(21)18-13-8-10(16)7-12(17)14(13)20/h3-8,20H,1-2H3,(H,18,21). The first-order chi connectivity index (χ1) is 9.88. The van der Waals surface area contributed by atoms with Crippen LogP contribution in [0.3, 0.4) is 0 Å². The first kappa shape index (κ1) is 15.5. The van der Waals surface area contributed by atoms with Gasteiger partial charge in [-0.25, -0.2) is 0 Å². The molecule has 0 saturated carbocycles. The molecule has 1 amide bonds. The van der Waals surface area contributed by atoms with Crippen LogP contribution in [0.4, 0.5) is 11.4 Å². The largest absolute Gasteiger partial charge is 0.504 e. The second-order valence-corrected chi connectivity index (χ2v) is 5.52. The molecule has 0 spiro atoms. The van der Waals surface area contributed by atoms with Crippen molar-refractivity contribution in [3.63, 3.8) is 0 Å². The Hall–Kier alpha value is -1.91. The average Bonchev–Trinajstić information content (AvgIpc) is 2.44. The molecule has 0 aliphatic heterocycles. The summed E-state index contributed by atoms with van der Waals surface area (Å²) < 4.78 is 0. The van der Waals surface area contributed by atoms with E-state index in [1.54, 1.807) is 12.1 Å². The quantitative estimate of drug-likeness (QED) is 0.838. The van der Waals surface area contributed by atoms with Gasteiger partial charge < -0.3 is 15.3 Å². The highest BCUT2D eigenvalue weighted by atomic mass is 35.5. The molecule has 0 heterocycles. The molecule has 0 aromatic heterocycles. The molecule has 0 saturated heterocycles. The molecule has 0 unspecified atom stereocenters. The van der Waals surface area contributed by atoms with Crippen molar-refractivity contribution in [3.8, 4) is 5.75 Å². The summed E-state index contributed by atoms with van der Waals surface area (Å²) in [5.41, 5.74) is 1.63. The summed E-state index contributed by atoms with van der Waals surface area (Å²) >= 11 is 11.7. The predicted molar refractivity (Wildman–Crippen MR) is 86.8 cm³/mol. The third-order valence-corrected chi connectivity index (χ3v) is 3.43. The van der Waals surface area contributed by atoms with Crippen molar-refractivity contribution in [2.24, 2.45) is 0 Å². The lowest BCUT2D eigenvalue weighted by Gasteiger charge is -2.13. The van der Waals surface area contributed by atoms with E-state index in [-0.39, 0.29) is 22.4 Å². The summed E-state index contributed by atoms with van der Waals surface area (Å²) in [5.74, 6) is -0.562. The predicted octanol–water partition coefficient (Wildman–Crippen LogP) is 4.02. The number of carbonyl (C=O) groups is 1. The van der Waals surface area contributed by atoms with Gasteiger partial charge in [0.25, 0.3) is 5.91 Å². The summed E-state index contributed by atoms with van der Waals surface area (Å²) in [6.45, 7) is 0. The number of rotatable bonds is 3. The number of carbonyl (C=O) groups excluding carboxylic acids is 1. The van der Waals surface area contributed by atoms with Crippen LogP contribution in [-0.4, -0.2) is 25.1 Å². The zero-order chi connectivity index (χ0) is 15.6. The van der Waals surface area contributed by atoms with Gasteiger partial charge in [-0.15, -0.1) is 0 Å². The number of nitrogens with zero attached hydrogens (tertiary/aromatic N) is 1. The van der Waals surface area contributed by atoms with E-state index in [1.807, 2.05) is 31.1 Å². The van der Waals surface area contributed by atoms with Gasteiger partial charge >= 0.3 is 0 Å². The Bertz CT molecular complexity index is 670. The monoisotopic (exact) mass is 324 g/mol. The fourth-order valence-electron chi connectivity index (χ4n) is 1.77. The number of aromatic hydroxyl groups is 1. The van der Waals surface area contributed by atoms with E-state index < -0.39 is 0 Å². The van der Waals surface area contributed by atoms with Gasteiger partial charge in [-0.2, -0.15) is 0 Å². The van der Waals surface area contributed by atoms with E-state index in [2.05, 4.69) is 5.32 Å². The molecule has 2 N–H and O–H groups in total. The zero-order valence-electron chi connectivity index (χ0n) is 11.5. The number of halogens is 2. The van der Waals surface area contributed by atoms with E-state index in [1.165, 1.54) is 12.1 Å². The molecule has 2 rings (SSSR count). The molecular formula is C15H14Cl2N2O2. The Morgan fingerprint density at radius 1 is 1.14 bits per heavy atom. The Labute approximate surface area is 132 Å². The molecule has 0 aliphatic rings. The van der Waals surface area contributed by atoms with Crippen molar-refractivity contribution in [2.45, 2.75) is 0 Å². The van der Waals surface area contributed by atoms with E-state index >= 15 is 0 Å². The minimum atomic E-state index is -0.353. The molecule has 2 aromatic rings. The van der Waals surface area contributed by atoms with Crippen LogP contribution in [0, 0.1) is 0 Å². The van der Waals surface area contributed by atoms with Crippen LogP contribution in [0.15, 0.2) is 36.4 Å². The van der Waals surface area contributed by atoms with Crippen molar-refractivity contribution < 1.29 is 9.90 Å². The Morgan fingerprint density at radius 2 is 1.76 bits per heavy atom. The highest BCUT2D eigenvalue weighted by Gasteiger charge is 2.12. The molecule has 21 heavy (non-hydrogen) atoms. The van der Waals surface area contributed by atoms with Crippen LogP contribution in [0.5, 0.6) is 5.75 Å².